The predicted octanol–water partition coefficient (Wildman–Crippen LogP) is -0.142. The first-order valence-electron chi connectivity index (χ1n) is 6.04. The summed E-state index contributed by atoms with van der Waals surface area (Å²) in [6, 6.07) is 0. The van der Waals surface area contributed by atoms with Crippen LogP contribution in [0, 0.1) is 0 Å². The largest absolute Gasteiger partial charge is 0.466 e. The van der Waals surface area contributed by atoms with Crippen molar-refractivity contribution in [1.82, 2.24) is 19.7 Å². The first-order chi connectivity index (χ1) is 9.51. The summed E-state index contributed by atoms with van der Waals surface area (Å²) in [5.41, 5.74) is 6.04. The zero-order valence-corrected chi connectivity index (χ0v) is 11.2. The van der Waals surface area contributed by atoms with E-state index in [1.807, 2.05) is 0 Å². The highest BCUT2D eigenvalue weighted by Crippen LogP contribution is 2.14. The van der Waals surface area contributed by atoms with Crippen LogP contribution in [-0.4, -0.2) is 32.3 Å². The molecule has 2 aromatic rings. The second-order valence-corrected chi connectivity index (χ2v) is 4.16. The monoisotopic (exact) mass is 277 g/mol. The molecule has 0 aliphatic carbocycles. The minimum absolute atomic E-state index is 0.0145. The first-order valence-corrected chi connectivity index (χ1v) is 6.04. The maximum Gasteiger partial charge on any atom is 0.310 e. The predicted molar refractivity (Wildman–Crippen MR) is 71.8 cm³/mol. The van der Waals surface area contributed by atoms with Crippen LogP contribution in [0.1, 0.15) is 12.5 Å². The molecule has 0 saturated heterocycles. The molecule has 0 bridgehead atoms. The lowest BCUT2D eigenvalue weighted by atomic mass is 10.2. The van der Waals surface area contributed by atoms with E-state index in [9.17, 15) is 9.59 Å². The Morgan fingerprint density at radius 1 is 1.55 bits per heavy atom. The minimum Gasteiger partial charge on any atom is -0.466 e. The van der Waals surface area contributed by atoms with Crippen LogP contribution >= 0.6 is 0 Å². The minimum atomic E-state index is -0.513. The summed E-state index contributed by atoms with van der Waals surface area (Å²) in [7, 11) is 1.75. The number of nitrogens with zero attached hydrogens (tertiary/aromatic N) is 3. The Hall–Kier alpha value is -2.64. The summed E-state index contributed by atoms with van der Waals surface area (Å²) >= 11 is 0. The lowest BCUT2D eigenvalue weighted by Gasteiger charge is -2.05. The fourth-order valence-electron chi connectivity index (χ4n) is 1.72. The molecular formula is C12H15N5O3. The number of aryl methyl sites for hydroxylation is 1. The standard InChI is InChI=1S/C12H15N5O3/c1-3-20-9(18)4-8-10(13)15-11(16-12(8)19)7-5-14-17(2)6-7/h5-6H,3-4H2,1-2H3,(H3,13,15,16,19). The number of hydrogen-bond acceptors (Lipinski definition) is 6. The molecular weight excluding hydrogens is 262 g/mol. The number of esters is 1. The molecule has 0 amide bonds. The van der Waals surface area contributed by atoms with Crippen LogP contribution < -0.4 is 11.3 Å². The van der Waals surface area contributed by atoms with Gasteiger partial charge in [0, 0.05) is 13.2 Å². The topological polar surface area (TPSA) is 116 Å². The third-order valence-corrected chi connectivity index (χ3v) is 2.65. The number of carbonyl (C=O) groups excluding carboxylic acids is 1. The highest BCUT2D eigenvalue weighted by atomic mass is 16.5. The molecule has 2 aromatic heterocycles. The maximum absolute atomic E-state index is 12.0. The van der Waals surface area contributed by atoms with Gasteiger partial charge in [-0.2, -0.15) is 5.10 Å². The van der Waals surface area contributed by atoms with E-state index in [0.29, 0.717) is 11.4 Å². The molecule has 0 radical (unpaired) electrons. The molecule has 0 fully saturated rings. The van der Waals surface area contributed by atoms with Gasteiger partial charge in [-0.25, -0.2) is 4.98 Å². The molecule has 0 aliphatic rings. The summed E-state index contributed by atoms with van der Waals surface area (Å²) in [4.78, 5) is 30.1. The van der Waals surface area contributed by atoms with Crippen molar-refractivity contribution in [1.29, 1.82) is 0 Å². The molecule has 8 nitrogen and oxygen atoms in total. The summed E-state index contributed by atoms with van der Waals surface area (Å²) in [5, 5.41) is 3.99. The van der Waals surface area contributed by atoms with E-state index in [1.165, 1.54) is 0 Å². The van der Waals surface area contributed by atoms with E-state index in [4.69, 9.17) is 10.5 Å². The number of aromatic amines is 1. The Balaban J connectivity index is 2.34. The Morgan fingerprint density at radius 2 is 2.30 bits per heavy atom. The van der Waals surface area contributed by atoms with E-state index in [-0.39, 0.29) is 24.4 Å². The summed E-state index contributed by atoms with van der Waals surface area (Å²) in [5.74, 6) is -0.186. The van der Waals surface area contributed by atoms with Gasteiger partial charge < -0.3 is 15.5 Å². The van der Waals surface area contributed by atoms with E-state index >= 15 is 0 Å². The van der Waals surface area contributed by atoms with Crippen LogP contribution in [0.2, 0.25) is 0 Å². The Kier molecular flexibility index (Phi) is 3.83. The van der Waals surface area contributed by atoms with Crippen LogP contribution in [0.5, 0.6) is 0 Å². The molecule has 0 aromatic carbocycles. The number of nitrogen functional groups attached to an aromatic ring is 1. The Bertz CT molecular complexity index is 689. The van der Waals surface area contributed by atoms with Crippen molar-refractivity contribution in [3.8, 4) is 11.4 Å². The molecule has 2 heterocycles. The van der Waals surface area contributed by atoms with E-state index in [2.05, 4.69) is 15.1 Å². The number of ether oxygens (including phenoxy) is 1. The third-order valence-electron chi connectivity index (χ3n) is 2.65. The molecule has 20 heavy (non-hydrogen) atoms. The molecule has 3 N–H and O–H groups in total. The number of rotatable bonds is 4. The fraction of sp³-hybridized carbons (Fsp3) is 0.333. The van der Waals surface area contributed by atoms with Gasteiger partial charge in [-0.1, -0.05) is 0 Å². The van der Waals surface area contributed by atoms with Crippen molar-refractivity contribution in [2.45, 2.75) is 13.3 Å². The van der Waals surface area contributed by atoms with Gasteiger partial charge in [-0.05, 0) is 6.92 Å². The molecule has 8 heteroatoms. The molecule has 0 aliphatic heterocycles. The number of aromatic nitrogens is 4. The van der Waals surface area contributed by atoms with Crippen molar-refractivity contribution in [3.05, 3.63) is 28.3 Å². The van der Waals surface area contributed by atoms with Crippen LogP contribution in [0.4, 0.5) is 5.82 Å². The van der Waals surface area contributed by atoms with Crippen LogP contribution in [0.3, 0.4) is 0 Å². The van der Waals surface area contributed by atoms with Gasteiger partial charge in [0.25, 0.3) is 5.56 Å². The Morgan fingerprint density at radius 3 is 2.85 bits per heavy atom. The summed E-state index contributed by atoms with van der Waals surface area (Å²) in [6.07, 6.45) is 3.06. The van der Waals surface area contributed by atoms with Crippen LogP contribution in [0.15, 0.2) is 17.2 Å². The van der Waals surface area contributed by atoms with Gasteiger partial charge >= 0.3 is 5.97 Å². The number of nitrogens with two attached hydrogens (primary N) is 1. The van der Waals surface area contributed by atoms with Gasteiger partial charge in [-0.15, -0.1) is 0 Å². The summed E-state index contributed by atoms with van der Waals surface area (Å²) in [6.45, 7) is 1.94. The highest BCUT2D eigenvalue weighted by Gasteiger charge is 2.15. The van der Waals surface area contributed by atoms with Crippen molar-refractivity contribution < 1.29 is 9.53 Å². The molecule has 2 rings (SSSR count). The zero-order valence-electron chi connectivity index (χ0n) is 11.2. The lowest BCUT2D eigenvalue weighted by Crippen LogP contribution is -2.22. The van der Waals surface area contributed by atoms with Gasteiger partial charge in [-0.3, -0.25) is 14.3 Å². The van der Waals surface area contributed by atoms with Crippen LogP contribution in [0.25, 0.3) is 11.4 Å². The van der Waals surface area contributed by atoms with Gasteiger partial charge in [0.2, 0.25) is 0 Å². The number of nitrogens with one attached hydrogen (secondary N) is 1. The normalized spacial score (nSPS) is 10.5. The first kappa shape index (κ1) is 13.8. The van der Waals surface area contributed by atoms with Gasteiger partial charge in [0.05, 0.1) is 30.4 Å². The molecule has 0 spiro atoms. The van der Waals surface area contributed by atoms with Crippen molar-refractivity contribution in [2.75, 3.05) is 12.3 Å². The molecule has 0 saturated carbocycles. The number of anilines is 1. The fourth-order valence-corrected chi connectivity index (χ4v) is 1.72. The van der Waals surface area contributed by atoms with E-state index in [0.717, 1.165) is 0 Å². The Labute approximate surface area is 114 Å². The molecule has 0 unspecified atom stereocenters. The molecule has 106 valence electrons. The quantitative estimate of drug-likeness (QED) is 0.751. The highest BCUT2D eigenvalue weighted by molar-refractivity contribution is 5.74. The smallest absolute Gasteiger partial charge is 0.310 e. The SMILES string of the molecule is CCOC(=O)Cc1c(N)nc(-c2cnn(C)c2)[nH]c1=O. The lowest BCUT2D eigenvalue weighted by molar-refractivity contribution is -0.142. The molecule has 0 atom stereocenters. The van der Waals surface area contributed by atoms with Crippen LogP contribution in [-0.2, 0) is 23.0 Å². The average Bonchev–Trinajstić information content (AvgIpc) is 2.80. The van der Waals surface area contributed by atoms with Crippen molar-refractivity contribution >= 4 is 11.8 Å². The van der Waals surface area contributed by atoms with Gasteiger partial charge in [0.1, 0.15) is 11.6 Å². The second kappa shape index (κ2) is 5.55. The van der Waals surface area contributed by atoms with Crippen molar-refractivity contribution in [3.63, 3.8) is 0 Å². The average molecular weight is 277 g/mol. The number of hydrogen-bond donors (Lipinski definition) is 2. The third kappa shape index (κ3) is 2.85. The van der Waals surface area contributed by atoms with E-state index < -0.39 is 11.5 Å². The maximum atomic E-state index is 12.0. The second-order valence-electron chi connectivity index (χ2n) is 4.16. The van der Waals surface area contributed by atoms with Gasteiger partial charge in [0.15, 0.2) is 0 Å². The zero-order chi connectivity index (χ0) is 14.7. The number of H-pyrrole nitrogens is 1. The van der Waals surface area contributed by atoms with E-state index in [1.54, 1.807) is 31.0 Å². The van der Waals surface area contributed by atoms with Crippen molar-refractivity contribution in [2.24, 2.45) is 7.05 Å². The number of carbonyl (C=O) groups is 1. The summed E-state index contributed by atoms with van der Waals surface area (Å²) < 4.78 is 6.37.